The number of benzene rings is 6. The van der Waals surface area contributed by atoms with E-state index in [4.69, 9.17) is 24.3 Å². The van der Waals surface area contributed by atoms with Gasteiger partial charge in [-0.3, -0.25) is 22.8 Å². The Morgan fingerprint density at radius 3 is 1.16 bits per heavy atom. The number of hydrogen-bond acceptors (Lipinski definition) is 28. The number of azo groups is 4. The van der Waals surface area contributed by atoms with Gasteiger partial charge in [-0.2, -0.15) is 52.3 Å². The number of fused-ring (bicyclic) bond motifs is 1. The quantitative estimate of drug-likeness (QED) is 0.0198. The summed E-state index contributed by atoms with van der Waals surface area (Å²) in [6.07, 6.45) is 0. The van der Waals surface area contributed by atoms with Crippen LogP contribution in [0.2, 0.25) is 0 Å². The molecule has 40 heteroatoms. The number of rotatable bonds is 23. The number of nitrogens with zero attached hydrogens (tertiary/aromatic N) is 8. The monoisotopic (exact) mass is 1250 g/mol. The Bertz CT molecular complexity index is 4390. The third-order valence-electron chi connectivity index (χ3n) is 10.2. The van der Waals surface area contributed by atoms with Crippen LogP contribution in [0.1, 0.15) is 0 Å². The van der Waals surface area contributed by atoms with Crippen LogP contribution in [0.25, 0.3) is 10.8 Å². The molecule has 0 bridgehead atoms. The average Bonchev–Trinajstić information content (AvgIpc) is 3.56. The van der Waals surface area contributed by atoms with Crippen molar-refractivity contribution >= 4 is 133 Å². The zero-order chi connectivity index (χ0) is 59.4. The lowest BCUT2D eigenvalue weighted by Crippen LogP contribution is -2.15. The lowest BCUT2D eigenvalue weighted by atomic mass is 10.1. The van der Waals surface area contributed by atoms with E-state index in [1.165, 1.54) is 0 Å². The molecule has 0 aliphatic rings. The molecule has 0 spiro atoms. The van der Waals surface area contributed by atoms with E-state index >= 15 is 0 Å². The summed E-state index contributed by atoms with van der Waals surface area (Å²) >= 11 is 0. The highest BCUT2D eigenvalue weighted by atomic mass is 32.3. The zero-order valence-corrected chi connectivity index (χ0v) is 45.7. The van der Waals surface area contributed by atoms with Gasteiger partial charge in [0, 0.05) is 22.9 Å². The Hall–Kier alpha value is -7.45. The molecular weight excluding hydrogens is 1210 g/mol. The van der Waals surface area contributed by atoms with Crippen LogP contribution in [0.5, 0.6) is 17.2 Å². The Kier molecular flexibility index (Phi) is 18.3. The van der Waals surface area contributed by atoms with Crippen LogP contribution in [0.15, 0.2) is 156 Å². The van der Waals surface area contributed by atoms with Crippen molar-refractivity contribution in [1.82, 2.24) is 0 Å². The van der Waals surface area contributed by atoms with Crippen molar-refractivity contribution < 1.29 is 105 Å². The number of nitrogens with two attached hydrogens (primary N) is 1. The summed E-state index contributed by atoms with van der Waals surface area (Å²) in [5.41, 5.74) is 2.04. The number of hydrogen-bond donors (Lipinski definition) is 7. The van der Waals surface area contributed by atoms with Crippen LogP contribution in [-0.2, 0) is 79.2 Å². The molecule has 6 aromatic carbocycles. The molecule has 0 aromatic heterocycles. The second kappa shape index (κ2) is 23.7. The van der Waals surface area contributed by atoms with Crippen molar-refractivity contribution in [2.45, 2.75) is 24.5 Å². The van der Waals surface area contributed by atoms with Gasteiger partial charge in [0.1, 0.15) is 60.3 Å². The molecule has 0 atom stereocenters. The van der Waals surface area contributed by atoms with Crippen molar-refractivity contribution in [3.63, 3.8) is 0 Å². The van der Waals surface area contributed by atoms with E-state index in [2.05, 4.69) is 49.3 Å². The van der Waals surface area contributed by atoms with E-state index in [9.17, 15) is 77.7 Å². The minimum absolute atomic E-state index is 0.0176. The van der Waals surface area contributed by atoms with Gasteiger partial charge in [-0.15, -0.1) is 30.7 Å². The lowest BCUT2D eigenvalue weighted by molar-refractivity contribution is 0.282. The number of phenolic OH excluding ortho intramolecular Hbond substituents is 1. The Labute approximate surface area is 453 Å². The van der Waals surface area contributed by atoms with E-state index in [0.29, 0.717) is 12.1 Å². The van der Waals surface area contributed by atoms with Gasteiger partial charge in [0.2, 0.25) is 0 Å². The summed E-state index contributed by atoms with van der Waals surface area (Å²) in [4.78, 5) is -3.88. The number of nitrogen functional groups attached to an aromatic ring is 1. The van der Waals surface area contributed by atoms with Crippen molar-refractivity contribution in [3.05, 3.63) is 91.0 Å². The number of anilines is 1. The molecule has 0 saturated heterocycles. The maximum Gasteiger partial charge on any atom is 0.397 e. The molecular formula is C40H37N9O24S7. The van der Waals surface area contributed by atoms with Gasteiger partial charge in [0.05, 0.1) is 65.8 Å². The molecule has 0 unspecified atom stereocenters. The summed E-state index contributed by atoms with van der Waals surface area (Å²) in [6.45, 7) is -1.79. The van der Waals surface area contributed by atoms with Crippen molar-refractivity contribution in [2.75, 3.05) is 44.7 Å². The molecule has 428 valence electrons. The smallest absolute Gasteiger partial charge is 0.397 e. The first kappa shape index (κ1) is 61.8. The van der Waals surface area contributed by atoms with Gasteiger partial charge >= 0.3 is 20.8 Å². The van der Waals surface area contributed by atoms with Gasteiger partial charge in [0.15, 0.2) is 25.4 Å². The second-order valence-electron chi connectivity index (χ2n) is 15.5. The van der Waals surface area contributed by atoms with Gasteiger partial charge in [-0.25, -0.2) is 25.2 Å². The molecule has 0 saturated carbocycles. The van der Waals surface area contributed by atoms with Gasteiger partial charge in [-0.1, -0.05) is 0 Å². The molecule has 80 heavy (non-hydrogen) atoms. The van der Waals surface area contributed by atoms with Crippen molar-refractivity contribution in [2.24, 2.45) is 40.9 Å². The zero-order valence-electron chi connectivity index (χ0n) is 40.0. The third-order valence-corrected chi connectivity index (χ3v) is 17.2. The first-order valence-electron chi connectivity index (χ1n) is 21.0. The number of phenols is 1. The van der Waals surface area contributed by atoms with E-state index in [1.54, 1.807) is 0 Å². The van der Waals surface area contributed by atoms with Gasteiger partial charge < -0.3 is 20.3 Å². The molecule has 0 aliphatic carbocycles. The first-order valence-corrected chi connectivity index (χ1v) is 31.4. The highest BCUT2D eigenvalue weighted by Gasteiger charge is 2.27. The molecule has 0 heterocycles. The number of aromatic hydroxyl groups is 1. The fourth-order valence-corrected chi connectivity index (χ4v) is 11.4. The van der Waals surface area contributed by atoms with Crippen LogP contribution in [-0.4, -0.2) is 126 Å². The van der Waals surface area contributed by atoms with Crippen molar-refractivity contribution in [3.8, 4) is 17.2 Å². The average molecular weight is 1250 g/mol. The minimum Gasteiger partial charge on any atom is -0.505 e. The van der Waals surface area contributed by atoms with Crippen LogP contribution in [0.3, 0.4) is 0 Å². The Morgan fingerprint density at radius 1 is 0.425 bits per heavy atom. The number of ether oxygens (including phenoxy) is 2. The van der Waals surface area contributed by atoms with E-state index in [1.807, 2.05) is 0 Å². The van der Waals surface area contributed by atoms with Crippen LogP contribution in [0.4, 0.5) is 51.2 Å². The van der Waals surface area contributed by atoms with Crippen LogP contribution < -0.4 is 15.2 Å². The predicted molar refractivity (Wildman–Crippen MR) is 274 cm³/mol. The summed E-state index contributed by atoms with van der Waals surface area (Å²) in [5, 5.41) is 41.5. The van der Waals surface area contributed by atoms with E-state index < -0.39 is 150 Å². The molecule has 0 radical (unpaired) electrons. The number of sulfone groups is 2. The highest BCUT2D eigenvalue weighted by Crippen LogP contribution is 2.48. The fourth-order valence-electron chi connectivity index (χ4n) is 6.56. The largest absolute Gasteiger partial charge is 0.505 e. The maximum absolute atomic E-state index is 12.9. The molecule has 6 aromatic rings. The van der Waals surface area contributed by atoms with E-state index in [0.717, 1.165) is 93.1 Å². The minimum atomic E-state index is -5.47. The molecule has 0 fully saturated rings. The lowest BCUT2D eigenvalue weighted by Gasteiger charge is -2.12. The van der Waals surface area contributed by atoms with Crippen LogP contribution in [0, 0.1) is 0 Å². The fraction of sp³-hybridized carbons (Fsp3) is 0.150. The third kappa shape index (κ3) is 15.7. The molecule has 6 rings (SSSR count). The summed E-state index contributed by atoms with van der Waals surface area (Å²) in [7, 11) is -31.9. The Morgan fingerprint density at radius 2 is 0.800 bits per heavy atom. The summed E-state index contributed by atoms with van der Waals surface area (Å²) in [6, 6.07) is 14.9. The SMILES string of the molecule is COc1cc(N=Nc2c(S(=O)(=O)O)cc3c(N=Nc4cc(OC)c(N=Nc5ccc(S(=O)(=O)CCOS(=O)(=O)O)cc5)cc4S(=O)(=O)O)c(N)ccc3c2O)c(S(=O)(=O)O)cc1N=Nc1ccc(S(=O)(=O)CCOS(=O)(=O)O)cc1. The first-order chi connectivity index (χ1) is 37.0. The molecule has 8 N–H and O–H groups in total. The Balaban J connectivity index is 1.35. The van der Waals surface area contributed by atoms with Gasteiger partial charge in [-0.05, 0) is 78.9 Å². The highest BCUT2D eigenvalue weighted by molar-refractivity contribution is 7.92. The molecule has 0 aliphatic heterocycles. The topological polar surface area (TPSA) is 522 Å². The predicted octanol–water partition coefficient (Wildman–Crippen LogP) is 6.73. The molecule has 0 amide bonds. The molecule has 33 nitrogen and oxygen atoms in total. The normalized spacial score (nSPS) is 13.3. The standard InChI is InChI=1S/C40H37N9O24S7/c1-70-33-18-31(35(76(55,56)57)20-29(33)44-42-22-3-7-24(8-4-22)74(51,52)15-13-72-79(64,65)66)46-48-38-27-17-37(78(61,62)63)39(40(50)26(27)11-12-28(38)41)49-47-32-19-34(71-2)30(21-36(32)77(58,59)60)45-43-23-5-9-25(10-6-23)75(53,54)16-14-73-80(67,68)69/h3-12,17-21,50H,13-16,41H2,1-2H3,(H,55,56,57)(H,58,59,60)(H,61,62,63)(H,64,65,66)(H,67,68,69). The maximum atomic E-state index is 12.9. The number of methoxy groups -OCH3 is 2. The summed E-state index contributed by atoms with van der Waals surface area (Å²) < 4.78 is 236. The second-order valence-corrected chi connectivity index (χ2v) is 26.1. The van der Waals surface area contributed by atoms with E-state index in [-0.39, 0.29) is 49.4 Å². The van der Waals surface area contributed by atoms with Crippen molar-refractivity contribution in [1.29, 1.82) is 0 Å². The van der Waals surface area contributed by atoms with Gasteiger partial charge in [0.25, 0.3) is 30.4 Å². The summed E-state index contributed by atoms with van der Waals surface area (Å²) in [5.74, 6) is -3.34. The van der Waals surface area contributed by atoms with Crippen LogP contribution >= 0.6 is 0 Å².